The highest BCUT2D eigenvalue weighted by atomic mass is 31.2. The van der Waals surface area contributed by atoms with E-state index in [-0.39, 0.29) is 12.8 Å². The zero-order valence-electron chi connectivity index (χ0n) is 44.6. The van der Waals surface area contributed by atoms with Gasteiger partial charge < -0.3 is 25.2 Å². The molecular formula is C58H104NO10P. The van der Waals surface area contributed by atoms with Crippen molar-refractivity contribution in [2.24, 2.45) is 0 Å². The van der Waals surface area contributed by atoms with Crippen LogP contribution in [-0.2, 0) is 32.7 Å². The minimum absolute atomic E-state index is 0.145. The van der Waals surface area contributed by atoms with Crippen molar-refractivity contribution in [2.45, 2.75) is 270 Å². The van der Waals surface area contributed by atoms with Crippen molar-refractivity contribution < 1.29 is 47.8 Å². The summed E-state index contributed by atoms with van der Waals surface area (Å²) in [6.07, 6.45) is 63.8. The van der Waals surface area contributed by atoms with Crippen LogP contribution < -0.4 is 5.32 Å². The van der Waals surface area contributed by atoms with Crippen molar-refractivity contribution >= 4 is 25.7 Å². The first-order chi connectivity index (χ1) is 34.1. The second kappa shape index (κ2) is 52.5. The number of carboxylic acid groups (broad SMARTS) is 1. The SMILES string of the molecule is CCCCC/C=C\C/C=C\C/C=C\C/C=C\CCCCCCCCCC(=O)OCC(O)COP(=O)(O)OCC(NC(=O)CCCCCCCCCCCCCCC/C=C/CCCCCCCC)C(=O)O. The molecule has 3 unspecified atom stereocenters. The van der Waals surface area contributed by atoms with Crippen molar-refractivity contribution in [3.8, 4) is 0 Å². The molecule has 406 valence electrons. The average Bonchev–Trinajstić information content (AvgIpc) is 3.34. The maximum atomic E-state index is 12.4. The van der Waals surface area contributed by atoms with E-state index < -0.39 is 57.6 Å². The number of aliphatic hydroxyl groups excluding tert-OH is 1. The Bertz CT molecular complexity index is 1410. The number of aliphatic hydroxyl groups is 1. The molecule has 70 heavy (non-hydrogen) atoms. The Labute approximate surface area is 427 Å². The van der Waals surface area contributed by atoms with Gasteiger partial charge in [-0.05, 0) is 83.5 Å². The number of carboxylic acids is 1. The predicted molar refractivity (Wildman–Crippen MR) is 291 cm³/mol. The molecule has 0 aromatic carbocycles. The number of amides is 1. The lowest BCUT2D eigenvalue weighted by Crippen LogP contribution is -2.43. The van der Waals surface area contributed by atoms with E-state index in [1.54, 1.807) is 0 Å². The van der Waals surface area contributed by atoms with E-state index in [2.05, 4.69) is 79.9 Å². The summed E-state index contributed by atoms with van der Waals surface area (Å²) in [4.78, 5) is 46.3. The van der Waals surface area contributed by atoms with Crippen LogP contribution in [0.4, 0.5) is 0 Å². The van der Waals surface area contributed by atoms with Crippen LogP contribution in [0.3, 0.4) is 0 Å². The summed E-state index contributed by atoms with van der Waals surface area (Å²) < 4.78 is 27.0. The monoisotopic (exact) mass is 1010 g/mol. The highest BCUT2D eigenvalue weighted by Gasteiger charge is 2.28. The third kappa shape index (κ3) is 51.5. The number of carbonyl (C=O) groups excluding carboxylic acids is 2. The highest BCUT2D eigenvalue weighted by molar-refractivity contribution is 7.47. The van der Waals surface area contributed by atoms with Crippen LogP contribution in [0.1, 0.15) is 258 Å². The largest absolute Gasteiger partial charge is 0.480 e. The molecule has 3 atom stereocenters. The molecule has 0 saturated heterocycles. The predicted octanol–water partition coefficient (Wildman–Crippen LogP) is 16.2. The van der Waals surface area contributed by atoms with Crippen LogP contribution in [0, 0.1) is 0 Å². The first kappa shape index (κ1) is 67.2. The number of ether oxygens (including phenoxy) is 1. The van der Waals surface area contributed by atoms with Crippen molar-refractivity contribution in [1.29, 1.82) is 0 Å². The van der Waals surface area contributed by atoms with Gasteiger partial charge in [0.1, 0.15) is 12.7 Å². The van der Waals surface area contributed by atoms with Crippen LogP contribution in [0.25, 0.3) is 0 Å². The molecule has 0 aliphatic carbocycles. The van der Waals surface area contributed by atoms with Crippen molar-refractivity contribution in [3.63, 3.8) is 0 Å². The number of rotatable bonds is 53. The van der Waals surface area contributed by atoms with Gasteiger partial charge in [-0.2, -0.15) is 0 Å². The third-order valence-corrected chi connectivity index (χ3v) is 13.2. The highest BCUT2D eigenvalue weighted by Crippen LogP contribution is 2.43. The Balaban J connectivity index is 3.81. The number of phosphoric ester groups is 1. The number of nitrogens with one attached hydrogen (secondary N) is 1. The minimum atomic E-state index is -4.77. The van der Waals surface area contributed by atoms with Gasteiger partial charge in [-0.3, -0.25) is 18.6 Å². The lowest BCUT2D eigenvalue weighted by Gasteiger charge is -2.18. The summed E-state index contributed by atoms with van der Waals surface area (Å²) in [6, 6.07) is -1.55. The van der Waals surface area contributed by atoms with Crippen LogP contribution in [-0.4, -0.2) is 64.9 Å². The Kier molecular flexibility index (Phi) is 50.4. The van der Waals surface area contributed by atoms with Gasteiger partial charge in [-0.25, -0.2) is 9.36 Å². The average molecular weight is 1010 g/mol. The van der Waals surface area contributed by atoms with Gasteiger partial charge in [-0.15, -0.1) is 0 Å². The number of carbonyl (C=O) groups is 3. The van der Waals surface area contributed by atoms with Crippen molar-refractivity contribution in [3.05, 3.63) is 60.8 Å². The van der Waals surface area contributed by atoms with Crippen LogP contribution in [0.2, 0.25) is 0 Å². The van der Waals surface area contributed by atoms with Gasteiger partial charge in [0.05, 0.1) is 13.2 Å². The molecule has 0 spiro atoms. The quantitative estimate of drug-likeness (QED) is 0.0199. The Morgan fingerprint density at radius 1 is 0.457 bits per heavy atom. The number of phosphoric acid groups is 1. The number of allylic oxidation sites excluding steroid dienone is 10. The molecule has 0 radical (unpaired) electrons. The van der Waals surface area contributed by atoms with E-state index in [1.165, 1.54) is 148 Å². The fourth-order valence-corrected chi connectivity index (χ4v) is 8.66. The van der Waals surface area contributed by atoms with E-state index >= 15 is 0 Å². The van der Waals surface area contributed by atoms with Gasteiger partial charge in [0.25, 0.3) is 0 Å². The number of esters is 1. The molecule has 0 rings (SSSR count). The Hall–Kier alpha value is -2.82. The topological polar surface area (TPSA) is 169 Å². The molecule has 0 aliphatic rings. The third-order valence-electron chi connectivity index (χ3n) is 12.3. The lowest BCUT2D eigenvalue weighted by atomic mass is 10.0. The second-order valence-corrected chi connectivity index (χ2v) is 20.6. The molecule has 0 fully saturated rings. The van der Waals surface area contributed by atoms with Gasteiger partial charge in [0.2, 0.25) is 5.91 Å². The zero-order chi connectivity index (χ0) is 51.3. The molecule has 11 nitrogen and oxygen atoms in total. The Morgan fingerprint density at radius 3 is 1.21 bits per heavy atom. The molecule has 0 aromatic heterocycles. The fourth-order valence-electron chi connectivity index (χ4n) is 7.88. The van der Waals surface area contributed by atoms with Crippen LogP contribution in [0.5, 0.6) is 0 Å². The maximum Gasteiger partial charge on any atom is 0.472 e. The summed E-state index contributed by atoms with van der Waals surface area (Å²) in [5, 5.41) is 22.0. The minimum Gasteiger partial charge on any atom is -0.480 e. The molecule has 1 amide bonds. The van der Waals surface area contributed by atoms with Gasteiger partial charge in [0, 0.05) is 12.8 Å². The zero-order valence-corrected chi connectivity index (χ0v) is 45.5. The van der Waals surface area contributed by atoms with Crippen LogP contribution in [0.15, 0.2) is 60.8 Å². The van der Waals surface area contributed by atoms with Crippen molar-refractivity contribution in [1.82, 2.24) is 5.32 Å². The van der Waals surface area contributed by atoms with Gasteiger partial charge >= 0.3 is 19.8 Å². The number of aliphatic carboxylic acids is 1. The molecule has 0 saturated carbocycles. The van der Waals surface area contributed by atoms with Gasteiger partial charge in [0.15, 0.2) is 6.04 Å². The standard InChI is InChI=1S/C58H104NO10P/c1-3-5-7-9-11-13-15-17-19-21-23-25-27-29-31-33-35-37-39-41-43-45-47-49-56(61)59-55(58(63)64)53-69-70(65,66)68-52-54(60)51-67-57(62)50-48-46-44-42-40-38-36-34-32-30-28-26-24-22-20-18-16-14-12-10-8-6-4-2/h12,14,17-20,24,26,30,32,54-55,60H,3-11,13,15-16,21-23,25,27-29,31,33-53H2,1-2H3,(H,59,61)(H,63,64)(H,65,66)/b14-12-,19-17+,20-18-,26-24-,32-30-. The first-order valence-corrected chi connectivity index (χ1v) is 29.8. The normalized spacial score (nSPS) is 13.9. The fraction of sp³-hybridized carbons (Fsp3) is 0.776. The first-order valence-electron chi connectivity index (χ1n) is 28.3. The van der Waals surface area contributed by atoms with Gasteiger partial charge in [-0.1, -0.05) is 222 Å². The van der Waals surface area contributed by atoms with Crippen LogP contribution >= 0.6 is 7.82 Å². The lowest BCUT2D eigenvalue weighted by molar-refractivity contribution is -0.147. The van der Waals surface area contributed by atoms with E-state index in [0.717, 1.165) is 70.6 Å². The maximum absolute atomic E-state index is 12.4. The van der Waals surface area contributed by atoms with E-state index in [0.29, 0.717) is 12.8 Å². The molecular weight excluding hydrogens is 902 g/mol. The summed E-state index contributed by atoms with van der Waals surface area (Å²) in [6.45, 7) is 2.59. The summed E-state index contributed by atoms with van der Waals surface area (Å²) in [5.74, 6) is -2.38. The molecule has 4 N–H and O–H groups in total. The number of hydrogen-bond donors (Lipinski definition) is 4. The number of unbranched alkanes of at least 4 members (excludes halogenated alkanes) is 29. The molecule has 0 bridgehead atoms. The second-order valence-electron chi connectivity index (χ2n) is 19.1. The molecule has 0 aliphatic heterocycles. The van der Waals surface area contributed by atoms with E-state index in [4.69, 9.17) is 13.8 Å². The van der Waals surface area contributed by atoms with E-state index in [1.807, 2.05) is 0 Å². The number of hydrogen-bond acceptors (Lipinski definition) is 8. The van der Waals surface area contributed by atoms with E-state index in [9.17, 15) is 34.1 Å². The summed E-state index contributed by atoms with van der Waals surface area (Å²) in [7, 11) is -4.77. The summed E-state index contributed by atoms with van der Waals surface area (Å²) >= 11 is 0. The smallest absolute Gasteiger partial charge is 0.472 e. The molecule has 0 aromatic rings. The molecule has 0 heterocycles. The van der Waals surface area contributed by atoms with Crippen molar-refractivity contribution in [2.75, 3.05) is 19.8 Å². The molecule has 12 heteroatoms. The Morgan fingerprint density at radius 2 is 0.786 bits per heavy atom. The summed E-state index contributed by atoms with van der Waals surface area (Å²) in [5.41, 5.74) is 0.